The third-order valence-corrected chi connectivity index (χ3v) is 4.93. The molecule has 168 valence electrons. The molecule has 9 nitrogen and oxygen atoms in total. The second-order valence-electron chi connectivity index (χ2n) is 7.50. The number of amides is 2. The molecule has 2 amide bonds. The zero-order valence-electron chi connectivity index (χ0n) is 17.7. The van der Waals surface area contributed by atoms with Gasteiger partial charge in [-0.25, -0.2) is 9.69 Å². The Morgan fingerprint density at radius 3 is 2.57 bits per heavy atom. The number of cyclic esters (lactones) is 1. The van der Waals surface area contributed by atoms with Crippen LogP contribution in [0.25, 0.3) is 0 Å². The van der Waals surface area contributed by atoms with Gasteiger partial charge in [0.2, 0.25) is 5.91 Å². The van der Waals surface area contributed by atoms with E-state index in [2.05, 4.69) is 0 Å². The Kier molecular flexibility index (Phi) is 9.48. The minimum absolute atomic E-state index is 0.0202. The van der Waals surface area contributed by atoms with E-state index in [0.717, 1.165) is 4.90 Å². The van der Waals surface area contributed by atoms with E-state index in [0.29, 0.717) is 32.0 Å². The van der Waals surface area contributed by atoms with E-state index in [1.54, 1.807) is 19.1 Å². The first-order valence-electron chi connectivity index (χ1n) is 10.2. The normalized spacial score (nSPS) is 23.8. The van der Waals surface area contributed by atoms with Gasteiger partial charge in [-0.15, -0.1) is 0 Å². The Morgan fingerprint density at radius 2 is 1.90 bits per heavy atom. The fourth-order valence-electron chi connectivity index (χ4n) is 3.17. The molecule has 30 heavy (non-hydrogen) atoms. The predicted octanol–water partition coefficient (Wildman–Crippen LogP) is 1.45. The highest BCUT2D eigenvalue weighted by atomic mass is 16.6. The van der Waals surface area contributed by atoms with Gasteiger partial charge in [0.1, 0.15) is 12.4 Å². The van der Waals surface area contributed by atoms with Gasteiger partial charge in [-0.2, -0.15) is 0 Å². The zero-order valence-corrected chi connectivity index (χ0v) is 17.7. The predicted molar refractivity (Wildman–Crippen MR) is 106 cm³/mol. The number of imide groups is 1. The van der Waals surface area contributed by atoms with Crippen LogP contribution in [0.5, 0.6) is 0 Å². The highest BCUT2D eigenvalue weighted by molar-refractivity contribution is 6.01. The molecule has 0 bridgehead atoms. The second kappa shape index (κ2) is 11.8. The van der Waals surface area contributed by atoms with Crippen molar-refractivity contribution in [2.24, 2.45) is 11.8 Å². The molecule has 0 spiro atoms. The summed E-state index contributed by atoms with van der Waals surface area (Å²) in [7, 11) is 0. The van der Waals surface area contributed by atoms with Crippen molar-refractivity contribution in [1.82, 2.24) is 4.90 Å². The van der Waals surface area contributed by atoms with E-state index in [1.807, 2.05) is 13.8 Å². The number of aliphatic hydroxyl groups is 1. The summed E-state index contributed by atoms with van der Waals surface area (Å²) in [5.41, 5.74) is 0. The minimum Gasteiger partial charge on any atom is -0.482 e. The van der Waals surface area contributed by atoms with Crippen molar-refractivity contribution in [3.05, 3.63) is 24.0 Å². The summed E-state index contributed by atoms with van der Waals surface area (Å²) in [5, 5.41) is 8.61. The monoisotopic (exact) mass is 425 g/mol. The summed E-state index contributed by atoms with van der Waals surface area (Å²) in [5.74, 6) is -1.12. The molecular formula is C21H31NO8. The van der Waals surface area contributed by atoms with Gasteiger partial charge >= 0.3 is 6.09 Å². The molecule has 0 aromatic carbocycles. The Balaban J connectivity index is 1.89. The Hall–Kier alpha value is -2.23. The molecule has 0 unspecified atom stereocenters. The summed E-state index contributed by atoms with van der Waals surface area (Å²) < 4.78 is 21.3. The number of rotatable bonds is 11. The first-order valence-corrected chi connectivity index (χ1v) is 10.2. The van der Waals surface area contributed by atoms with Gasteiger partial charge < -0.3 is 24.1 Å². The fraction of sp³-hybridized carbons (Fsp3) is 0.667. The van der Waals surface area contributed by atoms with Crippen LogP contribution in [0.4, 0.5) is 4.79 Å². The molecule has 0 aliphatic carbocycles. The maximum absolute atomic E-state index is 12.9. The van der Waals surface area contributed by atoms with Crippen LogP contribution in [0.2, 0.25) is 0 Å². The number of aliphatic hydroxyl groups excluding tert-OH is 1. The van der Waals surface area contributed by atoms with Gasteiger partial charge in [-0.1, -0.05) is 13.8 Å². The van der Waals surface area contributed by atoms with E-state index in [1.165, 1.54) is 6.08 Å². The molecule has 2 aliphatic rings. The molecule has 2 aliphatic heterocycles. The summed E-state index contributed by atoms with van der Waals surface area (Å²) >= 11 is 0. The molecule has 0 radical (unpaired) electrons. The average Bonchev–Trinajstić information content (AvgIpc) is 3.11. The van der Waals surface area contributed by atoms with Crippen molar-refractivity contribution in [2.75, 3.05) is 39.6 Å². The van der Waals surface area contributed by atoms with Crippen LogP contribution < -0.4 is 0 Å². The van der Waals surface area contributed by atoms with Gasteiger partial charge in [-0.3, -0.25) is 9.59 Å². The van der Waals surface area contributed by atoms with Crippen LogP contribution >= 0.6 is 0 Å². The Morgan fingerprint density at radius 1 is 1.20 bits per heavy atom. The quantitative estimate of drug-likeness (QED) is 0.495. The minimum atomic E-state index is -0.997. The molecule has 2 heterocycles. The summed E-state index contributed by atoms with van der Waals surface area (Å²) in [4.78, 5) is 38.4. The molecule has 3 atom stereocenters. The van der Waals surface area contributed by atoms with Crippen molar-refractivity contribution in [3.8, 4) is 0 Å². The Labute approximate surface area is 176 Å². The molecule has 2 rings (SSSR count). The van der Waals surface area contributed by atoms with Gasteiger partial charge in [0.15, 0.2) is 11.9 Å². The van der Waals surface area contributed by atoms with Gasteiger partial charge in [0.25, 0.3) is 0 Å². The molecule has 1 fully saturated rings. The zero-order chi connectivity index (χ0) is 22.1. The number of carbonyl (C=O) groups excluding carboxylic acids is 3. The number of hydrogen-bond acceptors (Lipinski definition) is 8. The smallest absolute Gasteiger partial charge is 0.416 e. The maximum atomic E-state index is 12.9. The maximum Gasteiger partial charge on any atom is 0.416 e. The van der Waals surface area contributed by atoms with Crippen LogP contribution in [-0.4, -0.2) is 79.6 Å². The summed E-state index contributed by atoms with van der Waals surface area (Å²) in [6.45, 7) is 7.07. The van der Waals surface area contributed by atoms with Crippen molar-refractivity contribution >= 4 is 17.8 Å². The lowest BCUT2D eigenvalue weighted by Crippen LogP contribution is -2.48. The number of nitrogens with zero attached hydrogens (tertiary/aromatic N) is 1. The standard InChI is InChI=1S/C21H31NO8/c1-14(2)17-13-29-21(26)22(17)20(25)15(3)19-18(24)7-6-16(30-19)5-4-9-27-11-12-28-10-8-23/h5-7,14-15,17,19,23H,4,8-13H2,1-3H3/t15-,17+,19+/m1/s1. The number of carbonyl (C=O) groups is 3. The second-order valence-corrected chi connectivity index (χ2v) is 7.50. The van der Waals surface area contributed by atoms with Crippen LogP contribution in [0, 0.1) is 11.8 Å². The lowest BCUT2D eigenvalue weighted by Gasteiger charge is -2.30. The molecule has 0 aromatic rings. The van der Waals surface area contributed by atoms with E-state index < -0.39 is 24.0 Å². The van der Waals surface area contributed by atoms with Crippen molar-refractivity contribution in [3.63, 3.8) is 0 Å². The largest absolute Gasteiger partial charge is 0.482 e. The number of hydrogen-bond donors (Lipinski definition) is 1. The third-order valence-electron chi connectivity index (χ3n) is 4.93. The highest BCUT2D eigenvalue weighted by Gasteiger charge is 2.44. The van der Waals surface area contributed by atoms with Crippen molar-refractivity contribution in [2.45, 2.75) is 39.3 Å². The fourth-order valence-corrected chi connectivity index (χ4v) is 3.17. The number of ketones is 1. The van der Waals surface area contributed by atoms with E-state index >= 15 is 0 Å². The van der Waals surface area contributed by atoms with Gasteiger partial charge in [0, 0.05) is 0 Å². The van der Waals surface area contributed by atoms with Crippen LogP contribution in [0.1, 0.15) is 27.2 Å². The van der Waals surface area contributed by atoms with Crippen LogP contribution in [-0.2, 0) is 28.5 Å². The van der Waals surface area contributed by atoms with Gasteiger partial charge in [-0.05, 0) is 37.5 Å². The van der Waals surface area contributed by atoms with Crippen LogP contribution in [0.15, 0.2) is 24.0 Å². The highest BCUT2D eigenvalue weighted by Crippen LogP contribution is 2.26. The molecule has 1 saturated heterocycles. The topological polar surface area (TPSA) is 112 Å². The summed E-state index contributed by atoms with van der Waals surface area (Å²) in [6.07, 6.45) is 3.60. The number of ether oxygens (including phenoxy) is 4. The lowest BCUT2D eigenvalue weighted by molar-refractivity contribution is -0.143. The van der Waals surface area contributed by atoms with Crippen molar-refractivity contribution in [1.29, 1.82) is 0 Å². The molecular weight excluding hydrogens is 394 g/mol. The van der Waals surface area contributed by atoms with E-state index in [9.17, 15) is 14.4 Å². The van der Waals surface area contributed by atoms with E-state index in [4.69, 9.17) is 24.1 Å². The molecule has 1 N–H and O–H groups in total. The SMILES string of the molecule is CC(C)[C@@H]1COC(=O)N1C(=O)[C@H](C)[C@@H]1OC(=CCCOCCOCCO)C=CC1=O. The summed E-state index contributed by atoms with van der Waals surface area (Å²) in [6, 6.07) is -0.352. The van der Waals surface area contributed by atoms with E-state index in [-0.39, 0.29) is 37.6 Å². The average molecular weight is 425 g/mol. The molecule has 9 heteroatoms. The Bertz CT molecular complexity index is 672. The van der Waals surface area contributed by atoms with Crippen LogP contribution in [0.3, 0.4) is 0 Å². The first kappa shape index (κ1) is 24.0. The first-order chi connectivity index (χ1) is 14.4. The third kappa shape index (κ3) is 6.38. The molecule has 0 aromatic heterocycles. The van der Waals surface area contributed by atoms with Gasteiger partial charge in [0.05, 0.1) is 45.0 Å². The lowest BCUT2D eigenvalue weighted by atomic mass is 9.95. The van der Waals surface area contributed by atoms with Crippen molar-refractivity contribution < 1.29 is 38.4 Å². The number of allylic oxidation sites excluding steroid dienone is 1. The molecule has 0 saturated carbocycles.